The Bertz CT molecular complexity index is 867. The first kappa shape index (κ1) is 14.9. The van der Waals surface area contributed by atoms with Gasteiger partial charge < -0.3 is 14.2 Å². The molecule has 0 bridgehead atoms. The summed E-state index contributed by atoms with van der Waals surface area (Å²) in [7, 11) is 0. The Balaban J connectivity index is 1.56. The number of oxazole rings is 1. The van der Waals surface area contributed by atoms with Gasteiger partial charge in [-0.2, -0.15) is 18.2 Å². The van der Waals surface area contributed by atoms with E-state index in [2.05, 4.69) is 25.8 Å². The van der Waals surface area contributed by atoms with Crippen molar-refractivity contribution in [2.75, 3.05) is 11.9 Å². The predicted octanol–water partition coefficient (Wildman–Crippen LogP) is 3.40. The van der Waals surface area contributed by atoms with Crippen LogP contribution >= 0.6 is 0 Å². The quantitative estimate of drug-likeness (QED) is 0.756. The average Bonchev–Trinajstić information content (AvgIpc) is 3.25. The number of hydrogen-bond acceptors (Lipinski definition) is 7. The molecule has 1 fully saturated rings. The largest absolute Gasteiger partial charge is 0.423 e. The van der Waals surface area contributed by atoms with Gasteiger partial charge in [-0.3, -0.25) is 5.32 Å². The first-order valence-electron chi connectivity index (χ1n) is 7.31. The first-order chi connectivity index (χ1) is 11.5. The van der Waals surface area contributed by atoms with Crippen molar-refractivity contribution in [2.45, 2.75) is 25.1 Å². The number of benzene rings is 1. The minimum Gasteiger partial charge on any atom is -0.423 e. The lowest BCUT2D eigenvalue weighted by molar-refractivity contribution is -0.137. The second kappa shape index (κ2) is 5.48. The molecule has 1 atom stereocenters. The van der Waals surface area contributed by atoms with Crippen LogP contribution in [0.25, 0.3) is 11.1 Å². The molecule has 0 spiro atoms. The normalized spacial score (nSPS) is 18.4. The van der Waals surface area contributed by atoms with E-state index in [4.69, 9.17) is 8.83 Å². The van der Waals surface area contributed by atoms with Crippen molar-refractivity contribution in [1.29, 1.82) is 0 Å². The van der Waals surface area contributed by atoms with E-state index in [1.807, 2.05) is 0 Å². The third-order valence-electron chi connectivity index (χ3n) is 3.73. The van der Waals surface area contributed by atoms with Gasteiger partial charge >= 0.3 is 18.2 Å². The van der Waals surface area contributed by atoms with Crippen LogP contribution in [0, 0.1) is 0 Å². The third kappa shape index (κ3) is 2.80. The number of nitrogens with zero attached hydrogens (tertiary/aromatic N) is 3. The number of nitrogens with one attached hydrogen (secondary N) is 2. The van der Waals surface area contributed by atoms with Gasteiger partial charge in [-0.15, -0.1) is 5.10 Å². The first-order valence-corrected chi connectivity index (χ1v) is 7.31. The van der Waals surface area contributed by atoms with Crippen LogP contribution in [0.2, 0.25) is 0 Å². The van der Waals surface area contributed by atoms with E-state index in [9.17, 15) is 13.2 Å². The fourth-order valence-corrected chi connectivity index (χ4v) is 2.57. The van der Waals surface area contributed by atoms with Crippen LogP contribution in [0.3, 0.4) is 0 Å². The van der Waals surface area contributed by atoms with Crippen molar-refractivity contribution in [3.8, 4) is 0 Å². The highest BCUT2D eigenvalue weighted by atomic mass is 19.4. The van der Waals surface area contributed by atoms with E-state index >= 15 is 0 Å². The highest BCUT2D eigenvalue weighted by Gasteiger charge is 2.31. The maximum atomic E-state index is 12.7. The van der Waals surface area contributed by atoms with Crippen molar-refractivity contribution in [2.24, 2.45) is 0 Å². The highest BCUT2D eigenvalue weighted by molar-refractivity contribution is 5.75. The van der Waals surface area contributed by atoms with E-state index in [0.29, 0.717) is 5.89 Å². The number of aromatic nitrogens is 3. The number of fused-ring (bicyclic) bond motifs is 1. The van der Waals surface area contributed by atoms with Crippen molar-refractivity contribution in [3.05, 3.63) is 29.7 Å². The molecule has 24 heavy (non-hydrogen) atoms. The fraction of sp³-hybridized carbons (Fsp3) is 0.357. The molecule has 1 aromatic carbocycles. The number of hydrogen-bond donors (Lipinski definition) is 2. The molecule has 0 aliphatic carbocycles. The molecule has 7 nitrogen and oxygen atoms in total. The zero-order valence-electron chi connectivity index (χ0n) is 12.2. The molecule has 0 unspecified atom stereocenters. The maximum Gasteiger partial charge on any atom is 0.416 e. The van der Waals surface area contributed by atoms with Gasteiger partial charge in [0.25, 0.3) is 0 Å². The SMILES string of the molecule is FC(F)(F)c1ccc2oc(Nc3nnc([C@@H]4CCCN4)o3)nc2c1. The van der Waals surface area contributed by atoms with E-state index in [1.54, 1.807) is 0 Å². The molecular weight excluding hydrogens is 327 g/mol. The molecule has 4 rings (SSSR count). The summed E-state index contributed by atoms with van der Waals surface area (Å²) >= 11 is 0. The zero-order valence-corrected chi connectivity index (χ0v) is 12.2. The van der Waals surface area contributed by atoms with Gasteiger partial charge in [0.2, 0.25) is 5.89 Å². The van der Waals surface area contributed by atoms with E-state index in [-0.39, 0.29) is 29.2 Å². The molecule has 0 saturated carbocycles. The summed E-state index contributed by atoms with van der Waals surface area (Å²) in [5, 5.41) is 13.7. The molecular formula is C14H12F3N5O2. The van der Waals surface area contributed by atoms with Crippen LogP contribution in [-0.4, -0.2) is 21.7 Å². The molecule has 1 saturated heterocycles. The van der Waals surface area contributed by atoms with Crippen LogP contribution in [-0.2, 0) is 6.18 Å². The van der Waals surface area contributed by atoms with E-state index in [1.165, 1.54) is 6.07 Å². The Morgan fingerprint density at radius 2 is 2.04 bits per heavy atom. The summed E-state index contributed by atoms with van der Waals surface area (Å²) in [4.78, 5) is 3.97. The lowest BCUT2D eigenvalue weighted by Crippen LogP contribution is -2.12. The summed E-state index contributed by atoms with van der Waals surface area (Å²) in [6.45, 7) is 0.891. The number of anilines is 2. The van der Waals surface area contributed by atoms with Gasteiger partial charge in [-0.1, -0.05) is 5.10 Å². The zero-order chi connectivity index (χ0) is 16.7. The van der Waals surface area contributed by atoms with Crippen molar-refractivity contribution >= 4 is 23.1 Å². The lowest BCUT2D eigenvalue weighted by Gasteiger charge is -2.04. The maximum absolute atomic E-state index is 12.7. The molecule has 10 heteroatoms. The van der Waals surface area contributed by atoms with Crippen LogP contribution in [0.1, 0.15) is 30.3 Å². The number of halogens is 3. The average molecular weight is 339 g/mol. The van der Waals surface area contributed by atoms with Crippen LogP contribution in [0.4, 0.5) is 25.2 Å². The smallest absolute Gasteiger partial charge is 0.416 e. The Morgan fingerprint density at radius 1 is 1.17 bits per heavy atom. The minimum atomic E-state index is -4.43. The third-order valence-corrected chi connectivity index (χ3v) is 3.73. The van der Waals surface area contributed by atoms with Crippen molar-refractivity contribution in [1.82, 2.24) is 20.5 Å². The van der Waals surface area contributed by atoms with E-state index < -0.39 is 11.7 Å². The summed E-state index contributed by atoms with van der Waals surface area (Å²) in [6, 6.07) is 3.16. The summed E-state index contributed by atoms with van der Waals surface area (Å²) in [5.41, 5.74) is -0.477. The van der Waals surface area contributed by atoms with Crippen LogP contribution in [0.5, 0.6) is 0 Å². The molecule has 2 aromatic heterocycles. The lowest BCUT2D eigenvalue weighted by atomic mass is 10.2. The molecule has 0 amide bonds. The molecule has 126 valence electrons. The van der Waals surface area contributed by atoms with Gasteiger partial charge in [0.05, 0.1) is 11.6 Å². The Labute approximate surface area is 133 Å². The van der Waals surface area contributed by atoms with Crippen LogP contribution < -0.4 is 10.6 Å². The van der Waals surface area contributed by atoms with Gasteiger partial charge in [0, 0.05) is 0 Å². The number of rotatable bonds is 3. The highest BCUT2D eigenvalue weighted by Crippen LogP contribution is 2.32. The van der Waals surface area contributed by atoms with Gasteiger partial charge in [-0.25, -0.2) is 0 Å². The fourth-order valence-electron chi connectivity index (χ4n) is 2.57. The summed E-state index contributed by atoms with van der Waals surface area (Å²) < 4.78 is 48.9. The molecule has 3 heterocycles. The summed E-state index contributed by atoms with van der Waals surface area (Å²) in [6.07, 6.45) is -2.50. The predicted molar refractivity (Wildman–Crippen MR) is 76.6 cm³/mol. The Morgan fingerprint density at radius 3 is 2.79 bits per heavy atom. The Kier molecular flexibility index (Phi) is 3.41. The molecule has 1 aliphatic heterocycles. The second-order valence-electron chi connectivity index (χ2n) is 5.42. The van der Waals surface area contributed by atoms with Crippen LogP contribution in [0.15, 0.2) is 27.0 Å². The molecule has 3 aromatic rings. The number of alkyl halides is 3. The Hall–Kier alpha value is -2.62. The van der Waals surface area contributed by atoms with E-state index in [0.717, 1.165) is 31.5 Å². The minimum absolute atomic E-state index is 0.0149. The van der Waals surface area contributed by atoms with Crippen molar-refractivity contribution in [3.63, 3.8) is 0 Å². The summed E-state index contributed by atoms with van der Waals surface area (Å²) in [5.74, 6) is 0.450. The van der Waals surface area contributed by atoms with Gasteiger partial charge in [0.15, 0.2) is 5.58 Å². The van der Waals surface area contributed by atoms with Crippen molar-refractivity contribution < 1.29 is 22.0 Å². The molecule has 1 aliphatic rings. The molecule has 2 N–H and O–H groups in total. The standard InChI is InChI=1S/C14H12F3N5O2/c15-14(16,17)7-3-4-10-9(6-7)19-12(23-10)20-13-22-21-11(24-13)8-2-1-5-18-8/h3-4,6,8,18H,1-2,5H2,(H,19,20,22)/t8-/m0/s1. The van der Waals surface area contributed by atoms with Gasteiger partial charge in [0.1, 0.15) is 5.52 Å². The topological polar surface area (TPSA) is 89.0 Å². The molecule has 0 radical (unpaired) electrons. The second-order valence-corrected chi connectivity index (χ2v) is 5.42. The monoisotopic (exact) mass is 339 g/mol. The van der Waals surface area contributed by atoms with Gasteiger partial charge in [-0.05, 0) is 37.6 Å².